The number of piperazine rings is 1. The molecule has 0 atom stereocenters. The lowest BCUT2D eigenvalue weighted by Crippen LogP contribution is -2.49. The minimum absolute atomic E-state index is 0.161. The number of thiophene rings is 1. The summed E-state index contributed by atoms with van der Waals surface area (Å²) < 4.78 is 53.8. The van der Waals surface area contributed by atoms with Crippen molar-refractivity contribution in [3.05, 3.63) is 47.6 Å². The van der Waals surface area contributed by atoms with Crippen molar-refractivity contribution in [2.75, 3.05) is 31.1 Å². The first-order valence-electron chi connectivity index (χ1n) is 7.85. The van der Waals surface area contributed by atoms with E-state index in [4.69, 9.17) is 0 Å². The quantitative estimate of drug-likeness (QED) is 0.681. The largest absolute Gasteiger partial charge is 0.353 e. The van der Waals surface area contributed by atoms with Crippen molar-refractivity contribution in [1.82, 2.24) is 14.3 Å². The van der Waals surface area contributed by atoms with Crippen molar-refractivity contribution in [2.24, 2.45) is 0 Å². The summed E-state index contributed by atoms with van der Waals surface area (Å²) in [5.74, 6) is -0.987. The predicted octanol–water partition coefficient (Wildman–Crippen LogP) is 2.48. The molecule has 2 aromatic heterocycles. The highest BCUT2D eigenvalue weighted by molar-refractivity contribution is 7.89. The van der Waals surface area contributed by atoms with Gasteiger partial charge in [0, 0.05) is 26.2 Å². The number of halogens is 2. The minimum atomic E-state index is -4.09. The molecule has 4 rings (SSSR count). The Labute approximate surface area is 152 Å². The van der Waals surface area contributed by atoms with Crippen LogP contribution in [0.25, 0.3) is 10.2 Å². The zero-order valence-electron chi connectivity index (χ0n) is 13.5. The molecule has 0 N–H and O–H groups in total. The summed E-state index contributed by atoms with van der Waals surface area (Å²) in [5, 5.41) is 2.85. The van der Waals surface area contributed by atoms with Gasteiger partial charge in [0.1, 0.15) is 33.5 Å². The van der Waals surface area contributed by atoms with Crippen LogP contribution in [0, 0.1) is 11.6 Å². The van der Waals surface area contributed by atoms with Crippen molar-refractivity contribution in [2.45, 2.75) is 4.90 Å². The first-order chi connectivity index (χ1) is 12.5. The Kier molecular flexibility index (Phi) is 4.33. The number of sulfonamides is 1. The van der Waals surface area contributed by atoms with Crippen LogP contribution in [0.1, 0.15) is 0 Å². The Morgan fingerprint density at radius 3 is 2.58 bits per heavy atom. The molecule has 3 heterocycles. The van der Waals surface area contributed by atoms with Crippen LogP contribution < -0.4 is 4.90 Å². The normalized spacial score (nSPS) is 16.3. The first-order valence-corrected chi connectivity index (χ1v) is 10.2. The van der Waals surface area contributed by atoms with E-state index in [0.29, 0.717) is 13.1 Å². The van der Waals surface area contributed by atoms with Gasteiger partial charge >= 0.3 is 0 Å². The zero-order valence-corrected chi connectivity index (χ0v) is 15.1. The summed E-state index contributed by atoms with van der Waals surface area (Å²) in [7, 11) is -4.09. The zero-order chi connectivity index (χ0) is 18.3. The number of rotatable bonds is 3. The molecular formula is C16H14F2N4O2S2. The van der Waals surface area contributed by atoms with E-state index in [1.807, 2.05) is 16.3 Å². The van der Waals surface area contributed by atoms with E-state index < -0.39 is 26.6 Å². The topological polar surface area (TPSA) is 66.4 Å². The summed E-state index contributed by atoms with van der Waals surface area (Å²) in [4.78, 5) is 10.7. The van der Waals surface area contributed by atoms with Gasteiger partial charge in [-0.1, -0.05) is 0 Å². The SMILES string of the molecule is O=S(=O)(c1cc(F)ccc1F)N1CCN(c2ncnc3sccc23)CC1. The molecule has 0 amide bonds. The van der Waals surface area contributed by atoms with Crippen molar-refractivity contribution >= 4 is 37.4 Å². The molecule has 1 aliphatic heterocycles. The second-order valence-corrected chi connectivity index (χ2v) is 8.60. The molecule has 0 radical (unpaired) electrons. The highest BCUT2D eigenvalue weighted by Crippen LogP contribution is 2.28. The van der Waals surface area contributed by atoms with Crippen molar-refractivity contribution in [3.63, 3.8) is 0 Å². The molecular weight excluding hydrogens is 382 g/mol. The number of anilines is 1. The van der Waals surface area contributed by atoms with Gasteiger partial charge in [-0.3, -0.25) is 0 Å². The van der Waals surface area contributed by atoms with E-state index in [0.717, 1.165) is 34.2 Å². The smallest absolute Gasteiger partial charge is 0.246 e. The maximum Gasteiger partial charge on any atom is 0.246 e. The number of hydrogen-bond donors (Lipinski definition) is 0. The van der Waals surface area contributed by atoms with E-state index >= 15 is 0 Å². The van der Waals surface area contributed by atoms with Gasteiger partial charge in [0.2, 0.25) is 10.0 Å². The summed E-state index contributed by atoms with van der Waals surface area (Å²) in [6, 6.07) is 4.37. The third-order valence-corrected chi connectivity index (χ3v) is 7.02. The molecule has 3 aromatic rings. The third-order valence-electron chi connectivity index (χ3n) is 4.29. The van der Waals surface area contributed by atoms with Crippen LogP contribution in [0.2, 0.25) is 0 Å². The first kappa shape index (κ1) is 17.3. The van der Waals surface area contributed by atoms with Crippen LogP contribution in [0.3, 0.4) is 0 Å². The lowest BCUT2D eigenvalue weighted by atomic mass is 10.3. The van der Waals surface area contributed by atoms with Crippen LogP contribution in [-0.2, 0) is 10.0 Å². The van der Waals surface area contributed by atoms with Gasteiger partial charge in [-0.2, -0.15) is 4.31 Å². The predicted molar refractivity (Wildman–Crippen MR) is 94.7 cm³/mol. The molecule has 26 heavy (non-hydrogen) atoms. The number of hydrogen-bond acceptors (Lipinski definition) is 6. The summed E-state index contributed by atoms with van der Waals surface area (Å²) in [6.45, 7) is 1.12. The maximum atomic E-state index is 13.9. The van der Waals surface area contributed by atoms with Crippen LogP contribution in [0.4, 0.5) is 14.6 Å². The van der Waals surface area contributed by atoms with Gasteiger partial charge in [0.05, 0.1) is 5.39 Å². The molecule has 0 aliphatic carbocycles. The lowest BCUT2D eigenvalue weighted by Gasteiger charge is -2.34. The Morgan fingerprint density at radius 2 is 1.81 bits per heavy atom. The van der Waals surface area contributed by atoms with E-state index in [2.05, 4.69) is 9.97 Å². The van der Waals surface area contributed by atoms with Crippen molar-refractivity contribution in [1.29, 1.82) is 0 Å². The molecule has 0 unspecified atom stereocenters. The minimum Gasteiger partial charge on any atom is -0.353 e. The van der Waals surface area contributed by atoms with Crippen LogP contribution in [-0.4, -0.2) is 48.9 Å². The molecule has 6 nitrogen and oxygen atoms in total. The highest BCUT2D eigenvalue weighted by Gasteiger charge is 2.31. The van der Waals surface area contributed by atoms with E-state index in [-0.39, 0.29) is 13.1 Å². The molecule has 1 fully saturated rings. The van der Waals surface area contributed by atoms with Crippen LogP contribution in [0.15, 0.2) is 40.9 Å². The van der Waals surface area contributed by atoms with E-state index in [9.17, 15) is 17.2 Å². The summed E-state index contributed by atoms with van der Waals surface area (Å²) in [6.07, 6.45) is 1.49. The average molecular weight is 396 g/mol. The Bertz CT molecular complexity index is 1060. The van der Waals surface area contributed by atoms with Gasteiger partial charge < -0.3 is 4.90 Å². The second kappa shape index (κ2) is 6.53. The fourth-order valence-corrected chi connectivity index (χ4v) is 5.21. The second-order valence-electron chi connectivity index (χ2n) is 5.80. The maximum absolute atomic E-state index is 13.9. The standard InChI is InChI=1S/C16H14F2N4O2S2/c17-11-1-2-13(18)14(9-11)26(23,24)22-6-4-21(5-7-22)15-12-3-8-25-16(12)20-10-19-15/h1-3,8-10H,4-7H2. The Morgan fingerprint density at radius 1 is 1.04 bits per heavy atom. The van der Waals surface area contributed by atoms with Gasteiger partial charge in [0.25, 0.3) is 0 Å². The monoisotopic (exact) mass is 396 g/mol. The average Bonchev–Trinajstić information content (AvgIpc) is 3.12. The lowest BCUT2D eigenvalue weighted by molar-refractivity contribution is 0.381. The van der Waals surface area contributed by atoms with E-state index in [1.54, 1.807) is 0 Å². The highest BCUT2D eigenvalue weighted by atomic mass is 32.2. The molecule has 1 aromatic carbocycles. The number of benzene rings is 1. The fourth-order valence-electron chi connectivity index (χ4n) is 2.98. The van der Waals surface area contributed by atoms with Crippen LogP contribution >= 0.6 is 11.3 Å². The number of nitrogens with zero attached hydrogens (tertiary/aromatic N) is 4. The molecule has 1 aliphatic rings. The summed E-state index contributed by atoms with van der Waals surface area (Å²) in [5.41, 5.74) is 0. The Balaban J connectivity index is 1.56. The molecule has 0 saturated carbocycles. The Hall–Kier alpha value is -2.17. The van der Waals surface area contributed by atoms with Gasteiger partial charge in [-0.15, -0.1) is 11.3 Å². The van der Waals surface area contributed by atoms with Gasteiger partial charge in [-0.05, 0) is 29.6 Å². The van der Waals surface area contributed by atoms with Gasteiger partial charge in [0.15, 0.2) is 0 Å². The van der Waals surface area contributed by atoms with Crippen molar-refractivity contribution < 1.29 is 17.2 Å². The fraction of sp³-hybridized carbons (Fsp3) is 0.250. The van der Waals surface area contributed by atoms with Gasteiger partial charge in [-0.25, -0.2) is 27.2 Å². The third kappa shape index (κ3) is 2.93. The molecule has 10 heteroatoms. The van der Waals surface area contributed by atoms with Crippen LogP contribution in [0.5, 0.6) is 0 Å². The number of fused-ring (bicyclic) bond motifs is 1. The molecule has 136 valence electrons. The van der Waals surface area contributed by atoms with E-state index in [1.165, 1.54) is 22.0 Å². The molecule has 0 bridgehead atoms. The van der Waals surface area contributed by atoms with Crippen molar-refractivity contribution in [3.8, 4) is 0 Å². The number of aromatic nitrogens is 2. The molecule has 1 saturated heterocycles. The summed E-state index contributed by atoms with van der Waals surface area (Å²) >= 11 is 1.51. The molecule has 0 spiro atoms.